The lowest BCUT2D eigenvalue weighted by molar-refractivity contribution is -0.135. The number of anilines is 1. The summed E-state index contributed by atoms with van der Waals surface area (Å²) in [6.07, 6.45) is 5.01. The number of carbonyl (C=O) groups is 2. The fourth-order valence-corrected chi connectivity index (χ4v) is 3.26. The Morgan fingerprint density at radius 3 is 2.54 bits per heavy atom. The van der Waals surface area contributed by atoms with Crippen molar-refractivity contribution in [2.75, 3.05) is 11.4 Å². The van der Waals surface area contributed by atoms with Gasteiger partial charge >= 0.3 is 0 Å². The highest BCUT2D eigenvalue weighted by molar-refractivity contribution is 14.1. The van der Waals surface area contributed by atoms with Gasteiger partial charge < -0.3 is 5.11 Å². The van der Waals surface area contributed by atoms with Gasteiger partial charge in [0, 0.05) is 14.7 Å². The summed E-state index contributed by atoms with van der Waals surface area (Å²) < 4.78 is 1.00. The first-order chi connectivity index (χ1) is 11.5. The fourth-order valence-electron chi connectivity index (χ4n) is 2.90. The van der Waals surface area contributed by atoms with Gasteiger partial charge in [-0.05, 0) is 40.8 Å². The van der Waals surface area contributed by atoms with Gasteiger partial charge in [-0.3, -0.25) is 14.5 Å². The molecule has 1 atom stereocenters. The molecule has 3 rings (SSSR count). The number of fused-ring (bicyclic) bond motifs is 1. The van der Waals surface area contributed by atoms with Crippen molar-refractivity contribution >= 4 is 40.0 Å². The van der Waals surface area contributed by atoms with E-state index in [1.165, 1.54) is 4.90 Å². The number of hydrogen-bond acceptors (Lipinski definition) is 3. The smallest absolute Gasteiger partial charge is 0.265 e. The lowest BCUT2D eigenvalue weighted by Crippen LogP contribution is -2.42. The van der Waals surface area contributed by atoms with Crippen LogP contribution >= 0.6 is 22.6 Å². The van der Waals surface area contributed by atoms with E-state index in [9.17, 15) is 14.7 Å². The second-order valence-corrected chi connectivity index (χ2v) is 6.83. The monoisotopic (exact) mass is 431 g/mol. The number of ketones is 1. The minimum atomic E-state index is -1.88. The zero-order valence-electron chi connectivity index (χ0n) is 12.7. The summed E-state index contributed by atoms with van der Waals surface area (Å²) >= 11 is 2.15. The van der Waals surface area contributed by atoms with Crippen molar-refractivity contribution in [2.24, 2.45) is 0 Å². The van der Waals surface area contributed by atoms with E-state index in [1.54, 1.807) is 36.4 Å². The molecule has 24 heavy (non-hydrogen) atoms. The van der Waals surface area contributed by atoms with Crippen LogP contribution in [-0.4, -0.2) is 23.3 Å². The predicted molar refractivity (Wildman–Crippen MR) is 99.6 cm³/mol. The highest BCUT2D eigenvalue weighted by Gasteiger charge is 2.50. The molecular formula is C19H14INO3. The summed E-state index contributed by atoms with van der Waals surface area (Å²) in [5.41, 5.74) is -0.444. The van der Waals surface area contributed by atoms with Crippen LogP contribution < -0.4 is 4.90 Å². The van der Waals surface area contributed by atoms with Crippen molar-refractivity contribution in [1.82, 2.24) is 0 Å². The number of rotatable bonds is 4. The van der Waals surface area contributed by atoms with Crippen LogP contribution in [0, 0.1) is 15.9 Å². The SMILES string of the molecule is C#CCN1C(=O)C(O)(CC(=O)c2ccc(I)cc2)c2ccccc21. The van der Waals surface area contributed by atoms with Gasteiger partial charge in [-0.15, -0.1) is 6.42 Å². The van der Waals surface area contributed by atoms with Crippen molar-refractivity contribution in [2.45, 2.75) is 12.0 Å². The third-order valence-electron chi connectivity index (χ3n) is 4.07. The Kier molecular flexibility index (Phi) is 4.43. The van der Waals surface area contributed by atoms with E-state index in [4.69, 9.17) is 6.42 Å². The van der Waals surface area contributed by atoms with Crippen LogP contribution in [0.4, 0.5) is 5.69 Å². The molecule has 1 aliphatic heterocycles. The number of benzene rings is 2. The Bertz CT molecular complexity index is 854. The molecular weight excluding hydrogens is 417 g/mol. The molecule has 4 nitrogen and oxygen atoms in total. The summed E-state index contributed by atoms with van der Waals surface area (Å²) in [6.45, 7) is 0.0515. The molecule has 0 saturated heterocycles. The zero-order chi connectivity index (χ0) is 17.3. The molecule has 1 unspecified atom stereocenters. The molecule has 0 bridgehead atoms. The van der Waals surface area contributed by atoms with Crippen molar-refractivity contribution in [3.63, 3.8) is 0 Å². The first kappa shape index (κ1) is 16.7. The minimum Gasteiger partial charge on any atom is -0.375 e. The standard InChI is InChI=1S/C19H14INO3/c1-2-11-21-16-6-4-3-5-15(16)19(24,18(21)23)12-17(22)13-7-9-14(20)10-8-13/h1,3-10,24H,11-12H2. The number of nitrogens with zero attached hydrogens (tertiary/aromatic N) is 1. The van der Waals surface area contributed by atoms with Crippen LogP contribution in [0.3, 0.4) is 0 Å². The van der Waals surface area contributed by atoms with Gasteiger partial charge in [-0.2, -0.15) is 0 Å². The Balaban J connectivity index is 1.97. The molecule has 1 N–H and O–H groups in total. The number of halogens is 1. The highest BCUT2D eigenvalue weighted by Crippen LogP contribution is 2.42. The molecule has 120 valence electrons. The summed E-state index contributed by atoms with van der Waals surface area (Å²) in [4.78, 5) is 26.6. The second kappa shape index (κ2) is 6.38. The molecule has 0 radical (unpaired) electrons. The van der Waals surface area contributed by atoms with Gasteiger partial charge in [0.1, 0.15) is 0 Å². The first-order valence-corrected chi connectivity index (χ1v) is 8.41. The number of Topliss-reactive ketones (excluding diaryl/α,β-unsaturated/α-hetero) is 1. The zero-order valence-corrected chi connectivity index (χ0v) is 14.9. The maximum absolute atomic E-state index is 12.7. The van der Waals surface area contributed by atoms with E-state index in [0.717, 1.165) is 3.57 Å². The summed E-state index contributed by atoms with van der Waals surface area (Å²) in [6, 6.07) is 13.9. The normalized spacial score (nSPS) is 19.0. The number of amides is 1. The lowest BCUT2D eigenvalue weighted by Gasteiger charge is -2.21. The molecule has 5 heteroatoms. The topological polar surface area (TPSA) is 57.6 Å². The molecule has 2 aromatic rings. The number of carbonyl (C=O) groups excluding carboxylic acids is 2. The Hall–Kier alpha value is -2.17. The third kappa shape index (κ3) is 2.72. The molecule has 0 aromatic heterocycles. The van der Waals surface area contributed by atoms with Gasteiger partial charge in [0.15, 0.2) is 11.4 Å². The van der Waals surface area contributed by atoms with Crippen LogP contribution in [0.25, 0.3) is 0 Å². The Morgan fingerprint density at radius 1 is 1.21 bits per heavy atom. The van der Waals surface area contributed by atoms with Crippen molar-refractivity contribution in [3.05, 3.63) is 63.2 Å². The number of para-hydroxylation sites is 1. The number of hydrogen-bond donors (Lipinski definition) is 1. The predicted octanol–water partition coefficient (Wildman–Crippen LogP) is 2.73. The third-order valence-corrected chi connectivity index (χ3v) is 4.79. The van der Waals surface area contributed by atoms with Crippen LogP contribution in [-0.2, 0) is 10.4 Å². The van der Waals surface area contributed by atoms with E-state index in [2.05, 4.69) is 28.5 Å². The van der Waals surface area contributed by atoms with Gasteiger partial charge in [0.2, 0.25) is 0 Å². The van der Waals surface area contributed by atoms with Crippen molar-refractivity contribution in [1.29, 1.82) is 0 Å². The molecule has 0 fully saturated rings. The maximum atomic E-state index is 12.7. The Labute approximate surface area is 153 Å². The molecule has 2 aromatic carbocycles. The van der Waals surface area contributed by atoms with E-state index < -0.39 is 11.5 Å². The first-order valence-electron chi connectivity index (χ1n) is 7.33. The molecule has 0 spiro atoms. The molecule has 0 saturated carbocycles. The molecule has 1 aliphatic rings. The summed E-state index contributed by atoms with van der Waals surface area (Å²) in [7, 11) is 0. The van der Waals surface area contributed by atoms with E-state index in [1.807, 2.05) is 12.1 Å². The van der Waals surface area contributed by atoms with Gasteiger partial charge in [0.05, 0.1) is 18.7 Å². The van der Waals surface area contributed by atoms with Crippen LogP contribution in [0.2, 0.25) is 0 Å². The summed E-state index contributed by atoms with van der Waals surface area (Å²) in [5, 5.41) is 11.0. The summed E-state index contributed by atoms with van der Waals surface area (Å²) in [5.74, 6) is 1.57. The largest absolute Gasteiger partial charge is 0.375 e. The minimum absolute atomic E-state index is 0.0515. The van der Waals surface area contributed by atoms with Crippen LogP contribution in [0.1, 0.15) is 22.3 Å². The molecule has 0 aliphatic carbocycles. The van der Waals surface area contributed by atoms with Crippen molar-refractivity contribution < 1.29 is 14.7 Å². The number of aliphatic hydroxyl groups is 1. The lowest BCUT2D eigenvalue weighted by atomic mass is 9.88. The second-order valence-electron chi connectivity index (χ2n) is 5.58. The van der Waals surface area contributed by atoms with Gasteiger partial charge in [-0.1, -0.05) is 36.3 Å². The molecule has 1 amide bonds. The van der Waals surface area contributed by atoms with E-state index in [0.29, 0.717) is 16.8 Å². The number of terminal acetylenes is 1. The van der Waals surface area contributed by atoms with Crippen LogP contribution in [0.5, 0.6) is 0 Å². The molecule has 1 heterocycles. The van der Waals surface area contributed by atoms with Crippen LogP contribution in [0.15, 0.2) is 48.5 Å². The van der Waals surface area contributed by atoms with E-state index in [-0.39, 0.29) is 18.7 Å². The fraction of sp³-hybridized carbons (Fsp3) is 0.158. The average molecular weight is 431 g/mol. The van der Waals surface area contributed by atoms with Gasteiger partial charge in [0.25, 0.3) is 5.91 Å². The Morgan fingerprint density at radius 2 is 1.88 bits per heavy atom. The average Bonchev–Trinajstić information content (AvgIpc) is 2.78. The van der Waals surface area contributed by atoms with Gasteiger partial charge in [-0.25, -0.2) is 0 Å². The van der Waals surface area contributed by atoms with Crippen molar-refractivity contribution in [3.8, 4) is 12.3 Å². The maximum Gasteiger partial charge on any atom is 0.265 e. The van der Waals surface area contributed by atoms with E-state index >= 15 is 0 Å². The highest BCUT2D eigenvalue weighted by atomic mass is 127. The quantitative estimate of drug-likeness (QED) is 0.460.